The van der Waals surface area contributed by atoms with Gasteiger partial charge in [-0.2, -0.15) is 0 Å². The van der Waals surface area contributed by atoms with Crippen LogP contribution in [0.1, 0.15) is 12.0 Å². The van der Waals surface area contributed by atoms with E-state index >= 15 is 0 Å². The first-order valence-corrected chi connectivity index (χ1v) is 8.79. The molecule has 26 heavy (non-hydrogen) atoms. The third kappa shape index (κ3) is 4.83. The highest BCUT2D eigenvalue weighted by atomic mass is 35.5. The van der Waals surface area contributed by atoms with E-state index in [0.29, 0.717) is 24.6 Å². The van der Waals surface area contributed by atoms with Gasteiger partial charge in [-0.05, 0) is 36.3 Å². The average Bonchev–Trinajstić information content (AvgIpc) is 2.67. The van der Waals surface area contributed by atoms with Gasteiger partial charge in [-0.15, -0.1) is 0 Å². The van der Waals surface area contributed by atoms with Gasteiger partial charge in [-0.25, -0.2) is 0 Å². The Morgan fingerprint density at radius 3 is 2.85 bits per heavy atom. The molecule has 5 heteroatoms. The third-order valence-electron chi connectivity index (χ3n) is 3.79. The summed E-state index contributed by atoms with van der Waals surface area (Å²) < 4.78 is 5.80. The summed E-state index contributed by atoms with van der Waals surface area (Å²) >= 11 is 6.05. The molecule has 4 nitrogen and oxygen atoms in total. The molecular formula is C21H19ClN2O2. The largest absolute Gasteiger partial charge is 0.491 e. The van der Waals surface area contributed by atoms with E-state index in [-0.39, 0.29) is 5.91 Å². The molecule has 3 rings (SSSR count). The molecule has 0 saturated heterocycles. The maximum absolute atomic E-state index is 11.8. The number of nitrogens with one attached hydrogen (secondary N) is 1. The zero-order chi connectivity index (χ0) is 18.2. The summed E-state index contributed by atoms with van der Waals surface area (Å²) in [5.41, 5.74) is 1.66. The molecule has 0 radical (unpaired) electrons. The van der Waals surface area contributed by atoms with Crippen LogP contribution in [0.15, 0.2) is 66.9 Å². The minimum Gasteiger partial charge on any atom is -0.491 e. The van der Waals surface area contributed by atoms with Crippen molar-refractivity contribution < 1.29 is 9.53 Å². The molecular weight excluding hydrogens is 348 g/mol. The van der Waals surface area contributed by atoms with Crippen molar-refractivity contribution in [2.24, 2.45) is 0 Å². The highest BCUT2D eigenvalue weighted by Gasteiger charge is 2.02. The van der Waals surface area contributed by atoms with E-state index in [2.05, 4.69) is 10.3 Å². The Labute approximate surface area is 157 Å². The predicted molar refractivity (Wildman–Crippen MR) is 105 cm³/mol. The van der Waals surface area contributed by atoms with Crippen molar-refractivity contribution >= 4 is 34.5 Å². The maximum atomic E-state index is 11.8. The fourth-order valence-electron chi connectivity index (χ4n) is 2.49. The molecule has 2 aromatic carbocycles. The molecule has 1 aromatic heterocycles. The molecule has 1 amide bonds. The van der Waals surface area contributed by atoms with Gasteiger partial charge in [-0.1, -0.05) is 48.0 Å². The molecule has 0 spiro atoms. The Morgan fingerprint density at radius 1 is 1.12 bits per heavy atom. The van der Waals surface area contributed by atoms with Gasteiger partial charge in [0.2, 0.25) is 5.91 Å². The summed E-state index contributed by atoms with van der Waals surface area (Å²) in [6, 6.07) is 17.1. The quantitative estimate of drug-likeness (QED) is 0.495. The summed E-state index contributed by atoms with van der Waals surface area (Å²) in [7, 11) is 0. The maximum Gasteiger partial charge on any atom is 0.244 e. The zero-order valence-electron chi connectivity index (χ0n) is 14.2. The first-order chi connectivity index (χ1) is 12.7. The second kappa shape index (κ2) is 9.02. The van der Waals surface area contributed by atoms with Gasteiger partial charge in [0.25, 0.3) is 0 Å². The number of pyridine rings is 1. The predicted octanol–water partition coefficient (Wildman–Crippen LogP) is 4.49. The lowest BCUT2D eigenvalue weighted by Crippen LogP contribution is -2.23. The molecule has 0 atom stereocenters. The SMILES string of the molecule is O=C(/C=C/c1ccccc1Cl)NCCCOc1cccc2cccnc12. The number of aromatic nitrogens is 1. The molecule has 0 saturated carbocycles. The van der Waals surface area contributed by atoms with Crippen LogP contribution in [-0.4, -0.2) is 24.0 Å². The molecule has 3 aromatic rings. The van der Waals surface area contributed by atoms with Crippen molar-refractivity contribution in [1.29, 1.82) is 0 Å². The van der Waals surface area contributed by atoms with Crippen LogP contribution in [0, 0.1) is 0 Å². The number of hydrogen-bond acceptors (Lipinski definition) is 3. The lowest BCUT2D eigenvalue weighted by Gasteiger charge is -2.08. The summed E-state index contributed by atoms with van der Waals surface area (Å²) in [5.74, 6) is 0.602. The van der Waals surface area contributed by atoms with Gasteiger partial charge >= 0.3 is 0 Å². The number of para-hydroxylation sites is 1. The van der Waals surface area contributed by atoms with E-state index in [1.165, 1.54) is 6.08 Å². The van der Waals surface area contributed by atoms with E-state index in [4.69, 9.17) is 16.3 Å². The van der Waals surface area contributed by atoms with Crippen LogP contribution in [0.25, 0.3) is 17.0 Å². The number of halogens is 1. The van der Waals surface area contributed by atoms with Gasteiger partial charge in [0.05, 0.1) is 6.61 Å². The zero-order valence-corrected chi connectivity index (χ0v) is 14.9. The van der Waals surface area contributed by atoms with Crippen LogP contribution in [0.4, 0.5) is 0 Å². The molecule has 132 valence electrons. The summed E-state index contributed by atoms with van der Waals surface area (Å²) in [5, 5.41) is 4.49. The van der Waals surface area contributed by atoms with E-state index in [9.17, 15) is 4.79 Å². The van der Waals surface area contributed by atoms with E-state index in [1.54, 1.807) is 18.3 Å². The standard InChI is InChI=1S/C21H19ClN2O2/c22-18-9-2-1-6-16(18)11-12-20(25)23-14-5-15-26-19-10-3-7-17-8-4-13-24-21(17)19/h1-4,6-13H,5,14-15H2,(H,23,25)/b12-11+. The van der Waals surface area contributed by atoms with Gasteiger partial charge in [-0.3, -0.25) is 9.78 Å². The van der Waals surface area contributed by atoms with Crippen molar-refractivity contribution in [2.75, 3.05) is 13.2 Å². The Balaban J connectivity index is 1.43. The van der Waals surface area contributed by atoms with Crippen LogP contribution < -0.4 is 10.1 Å². The van der Waals surface area contributed by atoms with Crippen LogP contribution in [-0.2, 0) is 4.79 Å². The third-order valence-corrected chi connectivity index (χ3v) is 4.14. The average molecular weight is 367 g/mol. The van der Waals surface area contributed by atoms with Crippen molar-refractivity contribution in [3.63, 3.8) is 0 Å². The second-order valence-electron chi connectivity index (χ2n) is 5.68. The number of hydrogen-bond donors (Lipinski definition) is 1. The summed E-state index contributed by atoms with van der Waals surface area (Å²) in [6.45, 7) is 1.04. The fraction of sp³-hybridized carbons (Fsp3) is 0.143. The molecule has 0 aliphatic carbocycles. The molecule has 1 N–H and O–H groups in total. The lowest BCUT2D eigenvalue weighted by atomic mass is 10.2. The number of fused-ring (bicyclic) bond motifs is 1. The van der Waals surface area contributed by atoms with Gasteiger partial charge in [0, 0.05) is 29.2 Å². The topological polar surface area (TPSA) is 51.2 Å². The van der Waals surface area contributed by atoms with Crippen molar-refractivity contribution in [3.8, 4) is 5.75 Å². The summed E-state index contributed by atoms with van der Waals surface area (Å²) in [4.78, 5) is 16.2. The van der Waals surface area contributed by atoms with Crippen LogP contribution >= 0.6 is 11.6 Å². The van der Waals surface area contributed by atoms with Gasteiger partial charge < -0.3 is 10.1 Å². The smallest absolute Gasteiger partial charge is 0.244 e. The Morgan fingerprint density at radius 2 is 1.96 bits per heavy atom. The summed E-state index contributed by atoms with van der Waals surface area (Å²) in [6.07, 6.45) is 5.64. The number of benzene rings is 2. The van der Waals surface area contributed by atoms with Crippen LogP contribution in [0.2, 0.25) is 5.02 Å². The lowest BCUT2D eigenvalue weighted by molar-refractivity contribution is -0.116. The first kappa shape index (κ1) is 18.0. The number of carbonyl (C=O) groups excluding carboxylic acids is 1. The number of ether oxygens (including phenoxy) is 1. The number of amides is 1. The molecule has 0 unspecified atom stereocenters. The molecule has 0 aliphatic rings. The minimum atomic E-state index is -0.156. The molecule has 0 aliphatic heterocycles. The highest BCUT2D eigenvalue weighted by molar-refractivity contribution is 6.32. The van der Waals surface area contributed by atoms with Gasteiger partial charge in [0.1, 0.15) is 11.3 Å². The van der Waals surface area contributed by atoms with Gasteiger partial charge in [0.15, 0.2) is 0 Å². The molecule has 0 bridgehead atoms. The normalized spacial score (nSPS) is 11.0. The van der Waals surface area contributed by atoms with Crippen molar-refractivity contribution in [2.45, 2.75) is 6.42 Å². The molecule has 0 fully saturated rings. The van der Waals surface area contributed by atoms with E-state index in [0.717, 1.165) is 22.2 Å². The van der Waals surface area contributed by atoms with E-state index in [1.807, 2.05) is 48.5 Å². The Bertz CT molecular complexity index is 919. The van der Waals surface area contributed by atoms with Crippen molar-refractivity contribution in [3.05, 3.63) is 77.5 Å². The second-order valence-corrected chi connectivity index (χ2v) is 6.09. The fourth-order valence-corrected chi connectivity index (χ4v) is 2.69. The number of carbonyl (C=O) groups is 1. The highest BCUT2D eigenvalue weighted by Crippen LogP contribution is 2.22. The molecule has 1 heterocycles. The monoisotopic (exact) mass is 366 g/mol. The Kier molecular flexibility index (Phi) is 6.23. The van der Waals surface area contributed by atoms with Crippen LogP contribution in [0.3, 0.4) is 0 Å². The Hall–Kier alpha value is -2.85. The van der Waals surface area contributed by atoms with Crippen molar-refractivity contribution in [1.82, 2.24) is 10.3 Å². The van der Waals surface area contributed by atoms with E-state index < -0.39 is 0 Å². The first-order valence-electron chi connectivity index (χ1n) is 8.41. The number of nitrogens with zero attached hydrogens (tertiary/aromatic N) is 1. The van der Waals surface area contributed by atoms with Crippen LogP contribution in [0.5, 0.6) is 5.75 Å². The number of rotatable bonds is 7. The minimum absolute atomic E-state index is 0.156.